The van der Waals surface area contributed by atoms with E-state index in [9.17, 15) is 0 Å². The van der Waals surface area contributed by atoms with Crippen LogP contribution in [0.25, 0.3) is 0 Å². The van der Waals surface area contributed by atoms with E-state index in [-0.39, 0.29) is 6.61 Å². The van der Waals surface area contributed by atoms with Crippen molar-refractivity contribution in [2.45, 2.75) is 98.8 Å². The molecule has 0 aliphatic rings. The number of allylic oxidation sites excluding steroid dienone is 3. The van der Waals surface area contributed by atoms with E-state index in [1.165, 1.54) is 62.5 Å². The number of hydrogen-bond donors (Lipinski definition) is 1. The summed E-state index contributed by atoms with van der Waals surface area (Å²) < 4.78 is 5.53. The van der Waals surface area contributed by atoms with E-state index in [0.29, 0.717) is 0 Å². The third-order valence-corrected chi connectivity index (χ3v) is 3.82. The molecule has 0 aromatic heterocycles. The normalized spacial score (nSPS) is 11.0. The molecule has 2 nitrogen and oxygen atoms in total. The molecule has 144 valence electrons. The van der Waals surface area contributed by atoms with Gasteiger partial charge in [-0.2, -0.15) is 0 Å². The largest absolute Gasteiger partial charge is 0.392 e. The summed E-state index contributed by atoms with van der Waals surface area (Å²) in [5.41, 5.74) is 2.63. The maximum absolute atomic E-state index is 8.55. The van der Waals surface area contributed by atoms with Crippen molar-refractivity contribution < 1.29 is 9.84 Å². The molecule has 24 heavy (non-hydrogen) atoms. The van der Waals surface area contributed by atoms with Gasteiger partial charge in [-0.05, 0) is 46.5 Å². The summed E-state index contributed by atoms with van der Waals surface area (Å²) in [6.45, 7) is 12.9. The van der Waals surface area contributed by atoms with Crippen LogP contribution < -0.4 is 0 Å². The molecule has 0 rings (SSSR count). The molecule has 0 radical (unpaired) electrons. The van der Waals surface area contributed by atoms with E-state index in [4.69, 9.17) is 9.84 Å². The quantitative estimate of drug-likeness (QED) is 0.277. The maximum atomic E-state index is 8.55. The van der Waals surface area contributed by atoms with E-state index in [0.717, 1.165) is 26.1 Å². The first-order chi connectivity index (χ1) is 11.6. The molecular formula is C22H44O2. The lowest BCUT2D eigenvalue weighted by Gasteiger charge is -2.03. The Bertz CT molecular complexity index is 278. The van der Waals surface area contributed by atoms with Gasteiger partial charge >= 0.3 is 0 Å². The number of rotatable bonds is 14. The molecule has 0 aromatic rings. The van der Waals surface area contributed by atoms with Gasteiger partial charge in [0.05, 0.1) is 6.61 Å². The zero-order valence-corrected chi connectivity index (χ0v) is 17.2. The van der Waals surface area contributed by atoms with Gasteiger partial charge in [-0.3, -0.25) is 0 Å². The van der Waals surface area contributed by atoms with Gasteiger partial charge < -0.3 is 9.84 Å². The van der Waals surface area contributed by atoms with Crippen molar-refractivity contribution in [1.82, 2.24) is 0 Å². The first kappa shape index (κ1) is 25.6. The van der Waals surface area contributed by atoms with Gasteiger partial charge in [0, 0.05) is 13.2 Å². The SMILES string of the molecule is CC(C)=CCC/C(C)=C/CO.CCCCCCOCCCCCC. The Morgan fingerprint density at radius 3 is 1.75 bits per heavy atom. The summed E-state index contributed by atoms with van der Waals surface area (Å²) in [7, 11) is 0. The van der Waals surface area contributed by atoms with E-state index < -0.39 is 0 Å². The molecule has 0 heterocycles. The number of unbranched alkanes of at least 4 members (excludes halogenated alkanes) is 6. The molecule has 0 saturated carbocycles. The summed E-state index contributed by atoms with van der Waals surface area (Å²) >= 11 is 0. The molecule has 0 atom stereocenters. The smallest absolute Gasteiger partial charge is 0.0614 e. The van der Waals surface area contributed by atoms with Crippen molar-refractivity contribution in [1.29, 1.82) is 0 Å². The minimum atomic E-state index is 0.167. The topological polar surface area (TPSA) is 29.5 Å². The molecule has 0 aromatic carbocycles. The average Bonchev–Trinajstić information content (AvgIpc) is 2.54. The highest BCUT2D eigenvalue weighted by Gasteiger charge is 1.90. The summed E-state index contributed by atoms with van der Waals surface area (Å²) in [6.07, 6.45) is 16.8. The summed E-state index contributed by atoms with van der Waals surface area (Å²) in [5.74, 6) is 0. The van der Waals surface area contributed by atoms with Crippen molar-refractivity contribution in [3.05, 3.63) is 23.3 Å². The van der Waals surface area contributed by atoms with E-state index >= 15 is 0 Å². The van der Waals surface area contributed by atoms with Gasteiger partial charge in [0.15, 0.2) is 0 Å². The van der Waals surface area contributed by atoms with Crippen LogP contribution >= 0.6 is 0 Å². The Kier molecular flexibility index (Phi) is 23.9. The minimum Gasteiger partial charge on any atom is -0.392 e. The van der Waals surface area contributed by atoms with Gasteiger partial charge in [-0.1, -0.05) is 75.7 Å². The monoisotopic (exact) mass is 340 g/mol. The third-order valence-electron chi connectivity index (χ3n) is 3.82. The molecule has 0 amide bonds. The van der Waals surface area contributed by atoms with E-state index in [1.54, 1.807) is 0 Å². The van der Waals surface area contributed by atoms with Gasteiger partial charge in [0.25, 0.3) is 0 Å². The average molecular weight is 341 g/mol. The Morgan fingerprint density at radius 1 is 0.792 bits per heavy atom. The first-order valence-corrected chi connectivity index (χ1v) is 10.1. The Morgan fingerprint density at radius 2 is 1.33 bits per heavy atom. The third kappa shape index (κ3) is 26.3. The van der Waals surface area contributed by atoms with Crippen LogP contribution in [0.1, 0.15) is 98.8 Å². The zero-order valence-electron chi connectivity index (χ0n) is 17.2. The van der Waals surface area contributed by atoms with Gasteiger partial charge in [-0.15, -0.1) is 0 Å². The van der Waals surface area contributed by atoms with Gasteiger partial charge in [-0.25, -0.2) is 0 Å². The number of hydrogen-bond acceptors (Lipinski definition) is 2. The van der Waals surface area contributed by atoms with Crippen molar-refractivity contribution in [3.8, 4) is 0 Å². The van der Waals surface area contributed by atoms with Crippen molar-refractivity contribution in [2.75, 3.05) is 19.8 Å². The Balaban J connectivity index is 0. The Labute approximate surface area is 152 Å². The second-order valence-electron chi connectivity index (χ2n) is 6.79. The molecule has 0 bridgehead atoms. The fraction of sp³-hybridized carbons (Fsp3) is 0.818. The number of aliphatic hydroxyl groups is 1. The fourth-order valence-electron chi connectivity index (χ4n) is 2.21. The number of ether oxygens (including phenoxy) is 1. The van der Waals surface area contributed by atoms with Crippen LogP contribution in [0, 0.1) is 0 Å². The Hall–Kier alpha value is -0.600. The van der Waals surface area contributed by atoms with Crippen LogP contribution in [-0.4, -0.2) is 24.9 Å². The summed E-state index contributed by atoms with van der Waals surface area (Å²) in [4.78, 5) is 0. The molecule has 0 aliphatic heterocycles. The minimum absolute atomic E-state index is 0.167. The fourth-order valence-corrected chi connectivity index (χ4v) is 2.21. The lowest BCUT2D eigenvalue weighted by atomic mass is 10.1. The van der Waals surface area contributed by atoms with Gasteiger partial charge in [0.2, 0.25) is 0 Å². The summed E-state index contributed by atoms with van der Waals surface area (Å²) in [5, 5.41) is 8.55. The van der Waals surface area contributed by atoms with Crippen molar-refractivity contribution >= 4 is 0 Å². The molecule has 0 unspecified atom stereocenters. The predicted molar refractivity (Wildman–Crippen MR) is 109 cm³/mol. The first-order valence-electron chi connectivity index (χ1n) is 10.1. The molecule has 0 fully saturated rings. The van der Waals surface area contributed by atoms with Crippen molar-refractivity contribution in [2.24, 2.45) is 0 Å². The highest BCUT2D eigenvalue weighted by Crippen LogP contribution is 2.05. The van der Waals surface area contributed by atoms with Crippen LogP contribution in [0.5, 0.6) is 0 Å². The highest BCUT2D eigenvalue weighted by atomic mass is 16.5. The van der Waals surface area contributed by atoms with E-state index in [1.807, 2.05) is 6.08 Å². The zero-order chi connectivity index (χ0) is 18.5. The highest BCUT2D eigenvalue weighted by molar-refractivity contribution is 5.01. The molecule has 2 heteroatoms. The van der Waals surface area contributed by atoms with Crippen LogP contribution in [0.4, 0.5) is 0 Å². The molecule has 0 spiro atoms. The van der Waals surface area contributed by atoms with Crippen LogP contribution in [0.15, 0.2) is 23.3 Å². The van der Waals surface area contributed by atoms with Gasteiger partial charge in [0.1, 0.15) is 0 Å². The second kappa shape index (κ2) is 22.4. The van der Waals surface area contributed by atoms with E-state index in [2.05, 4.69) is 40.7 Å². The lowest BCUT2D eigenvalue weighted by Crippen LogP contribution is -1.96. The van der Waals surface area contributed by atoms with Crippen molar-refractivity contribution in [3.63, 3.8) is 0 Å². The molecular weight excluding hydrogens is 296 g/mol. The maximum Gasteiger partial charge on any atom is 0.0614 e. The molecule has 0 saturated heterocycles. The number of aliphatic hydroxyl groups excluding tert-OH is 1. The van der Waals surface area contributed by atoms with Crippen LogP contribution in [0.3, 0.4) is 0 Å². The molecule has 1 N–H and O–H groups in total. The second-order valence-corrected chi connectivity index (χ2v) is 6.79. The standard InChI is InChI=1S/C12H26O.C10H18O/c1-3-5-7-9-11-13-12-10-8-6-4-2;1-9(2)5-4-6-10(3)7-8-11/h3-12H2,1-2H3;5,7,11H,4,6,8H2,1-3H3/b;10-7+. The lowest BCUT2D eigenvalue weighted by molar-refractivity contribution is 0.126. The van der Waals surface area contributed by atoms with Crippen LogP contribution in [-0.2, 0) is 4.74 Å². The predicted octanol–water partition coefficient (Wildman–Crippen LogP) is 6.84. The van der Waals surface area contributed by atoms with Crippen LogP contribution in [0.2, 0.25) is 0 Å². The summed E-state index contributed by atoms with van der Waals surface area (Å²) in [6, 6.07) is 0. The molecule has 0 aliphatic carbocycles.